The summed E-state index contributed by atoms with van der Waals surface area (Å²) in [4.78, 5) is 16.7. The number of rotatable bonds is 7. The smallest absolute Gasteiger partial charge is 0.257 e. The zero-order chi connectivity index (χ0) is 21.7. The first-order valence-corrected chi connectivity index (χ1v) is 11.5. The van der Waals surface area contributed by atoms with Crippen molar-refractivity contribution in [3.8, 4) is 11.6 Å². The van der Waals surface area contributed by atoms with Crippen LogP contribution < -0.4 is 14.8 Å². The van der Waals surface area contributed by atoms with Crippen LogP contribution in [0, 0.1) is 6.92 Å². The molecule has 1 amide bonds. The fourth-order valence-corrected chi connectivity index (χ4v) is 3.61. The summed E-state index contributed by atoms with van der Waals surface area (Å²) in [6.07, 6.45) is 1.43. The first-order chi connectivity index (χ1) is 14.3. The second-order valence-electron chi connectivity index (χ2n) is 6.43. The van der Waals surface area contributed by atoms with Gasteiger partial charge in [0.2, 0.25) is 15.9 Å². The van der Waals surface area contributed by atoms with Gasteiger partial charge in [0.25, 0.3) is 5.91 Å². The lowest BCUT2D eigenvalue weighted by molar-refractivity contribution is 0.102. The van der Waals surface area contributed by atoms with Crippen LogP contribution in [-0.4, -0.2) is 25.1 Å². The molecule has 0 fully saturated rings. The summed E-state index contributed by atoms with van der Waals surface area (Å²) in [7, 11) is -3.36. The van der Waals surface area contributed by atoms with Crippen molar-refractivity contribution in [1.82, 2.24) is 4.98 Å². The van der Waals surface area contributed by atoms with Gasteiger partial charge in [0, 0.05) is 22.4 Å². The van der Waals surface area contributed by atoms with Crippen molar-refractivity contribution in [2.24, 2.45) is 0 Å². The van der Waals surface area contributed by atoms with E-state index in [1.807, 2.05) is 18.2 Å². The maximum Gasteiger partial charge on any atom is 0.257 e. The second kappa shape index (κ2) is 9.27. The van der Waals surface area contributed by atoms with Crippen LogP contribution in [0.25, 0.3) is 0 Å². The number of benzene rings is 2. The van der Waals surface area contributed by atoms with Crippen molar-refractivity contribution in [3.05, 3.63) is 76.4 Å². The molecule has 2 N–H and O–H groups in total. The molecule has 0 saturated carbocycles. The molecule has 9 heteroatoms. The summed E-state index contributed by atoms with van der Waals surface area (Å²) in [5.41, 5.74) is 2.09. The van der Waals surface area contributed by atoms with E-state index >= 15 is 0 Å². The highest BCUT2D eigenvalue weighted by Crippen LogP contribution is 2.24. The molecule has 0 aliphatic heterocycles. The molecule has 30 heavy (non-hydrogen) atoms. The predicted molar refractivity (Wildman–Crippen MR) is 121 cm³/mol. The molecule has 3 rings (SSSR count). The average molecular weight is 490 g/mol. The number of halogens is 1. The topological polar surface area (TPSA) is 97.4 Å². The first-order valence-electron chi connectivity index (χ1n) is 9.08. The Morgan fingerprint density at radius 3 is 2.57 bits per heavy atom. The monoisotopic (exact) mass is 489 g/mol. The second-order valence-corrected chi connectivity index (χ2v) is 9.36. The Kier molecular flexibility index (Phi) is 6.73. The van der Waals surface area contributed by atoms with Crippen molar-refractivity contribution in [2.45, 2.75) is 13.8 Å². The molecule has 156 valence electrons. The minimum absolute atomic E-state index is 0.0147. The Morgan fingerprint density at radius 1 is 1.13 bits per heavy atom. The van der Waals surface area contributed by atoms with Crippen LogP contribution >= 0.6 is 15.9 Å². The van der Waals surface area contributed by atoms with E-state index in [9.17, 15) is 13.2 Å². The third-order valence-electron chi connectivity index (χ3n) is 4.15. The minimum atomic E-state index is -3.36. The largest absolute Gasteiger partial charge is 0.439 e. The van der Waals surface area contributed by atoms with Crippen LogP contribution in [0.1, 0.15) is 22.8 Å². The number of anilines is 2. The lowest BCUT2D eigenvalue weighted by Crippen LogP contribution is -2.16. The van der Waals surface area contributed by atoms with Gasteiger partial charge in [-0.1, -0.05) is 22.0 Å². The van der Waals surface area contributed by atoms with E-state index in [-0.39, 0.29) is 11.7 Å². The summed E-state index contributed by atoms with van der Waals surface area (Å²) >= 11 is 3.38. The number of nitrogens with zero attached hydrogens (tertiary/aromatic N) is 1. The standard InChI is InChI=1S/C21H20BrN3O4S/c1-3-30(27,28)25-19-9-8-17(11-14(19)2)24-21(26)15-7-10-20(23-13-15)29-18-6-4-5-16(22)12-18/h4-13,25H,3H2,1-2H3,(H,24,26). The van der Waals surface area contributed by atoms with Gasteiger partial charge in [-0.3, -0.25) is 9.52 Å². The number of carbonyl (C=O) groups is 1. The van der Waals surface area contributed by atoms with Crippen molar-refractivity contribution in [1.29, 1.82) is 0 Å². The van der Waals surface area contributed by atoms with Gasteiger partial charge in [0.15, 0.2) is 0 Å². The van der Waals surface area contributed by atoms with Gasteiger partial charge in [-0.2, -0.15) is 0 Å². The zero-order valence-electron chi connectivity index (χ0n) is 16.3. The van der Waals surface area contributed by atoms with Crippen LogP contribution in [0.3, 0.4) is 0 Å². The lowest BCUT2D eigenvalue weighted by atomic mass is 10.1. The molecule has 2 aromatic carbocycles. The molecule has 0 bridgehead atoms. The zero-order valence-corrected chi connectivity index (χ0v) is 18.7. The van der Waals surface area contributed by atoms with E-state index in [1.165, 1.54) is 6.20 Å². The summed E-state index contributed by atoms with van der Waals surface area (Å²) in [6.45, 7) is 3.33. The van der Waals surface area contributed by atoms with Crippen molar-refractivity contribution < 1.29 is 17.9 Å². The van der Waals surface area contributed by atoms with Gasteiger partial charge in [-0.15, -0.1) is 0 Å². The summed E-state index contributed by atoms with van der Waals surface area (Å²) < 4.78 is 32.5. The molecule has 0 unspecified atom stereocenters. The number of hydrogen-bond donors (Lipinski definition) is 2. The molecule has 0 spiro atoms. The van der Waals surface area contributed by atoms with E-state index in [4.69, 9.17) is 4.74 Å². The number of ether oxygens (including phenoxy) is 1. The van der Waals surface area contributed by atoms with Crippen LogP contribution in [0.5, 0.6) is 11.6 Å². The molecule has 0 aliphatic rings. The van der Waals surface area contributed by atoms with E-state index < -0.39 is 10.0 Å². The van der Waals surface area contributed by atoms with Gasteiger partial charge in [0.05, 0.1) is 17.0 Å². The van der Waals surface area contributed by atoms with Gasteiger partial charge >= 0.3 is 0 Å². The molecule has 3 aromatic rings. The number of amides is 1. The maximum absolute atomic E-state index is 12.5. The molecule has 0 radical (unpaired) electrons. The molecule has 0 aliphatic carbocycles. The normalized spacial score (nSPS) is 11.0. The quantitative estimate of drug-likeness (QED) is 0.488. The summed E-state index contributed by atoms with van der Waals surface area (Å²) in [5, 5.41) is 2.78. The summed E-state index contributed by atoms with van der Waals surface area (Å²) in [5.74, 6) is 0.647. The Balaban J connectivity index is 1.66. The Labute approximate surface area is 183 Å². The van der Waals surface area contributed by atoms with E-state index in [0.717, 1.165) is 4.47 Å². The predicted octanol–water partition coefficient (Wildman–Crippen LogP) is 4.96. The molecule has 0 saturated heterocycles. The van der Waals surface area contributed by atoms with Crippen molar-refractivity contribution in [2.75, 3.05) is 15.8 Å². The highest BCUT2D eigenvalue weighted by Gasteiger charge is 2.11. The number of aryl methyl sites for hydroxylation is 1. The van der Waals surface area contributed by atoms with E-state index in [0.29, 0.717) is 34.1 Å². The van der Waals surface area contributed by atoms with Gasteiger partial charge < -0.3 is 10.1 Å². The maximum atomic E-state index is 12.5. The first kappa shape index (κ1) is 21.8. The van der Waals surface area contributed by atoms with Crippen LogP contribution in [0.15, 0.2) is 65.3 Å². The van der Waals surface area contributed by atoms with E-state index in [2.05, 4.69) is 31.0 Å². The van der Waals surface area contributed by atoms with Crippen LogP contribution in [-0.2, 0) is 10.0 Å². The molecule has 7 nitrogen and oxygen atoms in total. The molecule has 0 atom stereocenters. The molecule has 1 aromatic heterocycles. The van der Waals surface area contributed by atoms with Gasteiger partial charge in [-0.25, -0.2) is 13.4 Å². The number of carbonyl (C=O) groups excluding carboxylic acids is 1. The SMILES string of the molecule is CCS(=O)(=O)Nc1ccc(NC(=O)c2ccc(Oc3cccc(Br)c3)nc2)cc1C. The fraction of sp³-hybridized carbons (Fsp3) is 0.143. The molecular formula is C21H20BrN3O4S. The highest BCUT2D eigenvalue weighted by atomic mass is 79.9. The summed E-state index contributed by atoms with van der Waals surface area (Å²) in [6, 6.07) is 15.5. The lowest BCUT2D eigenvalue weighted by Gasteiger charge is -2.12. The van der Waals surface area contributed by atoms with E-state index in [1.54, 1.807) is 50.2 Å². The number of nitrogens with one attached hydrogen (secondary N) is 2. The number of hydrogen-bond acceptors (Lipinski definition) is 5. The van der Waals surface area contributed by atoms with Crippen molar-refractivity contribution >= 4 is 43.2 Å². The fourth-order valence-electron chi connectivity index (χ4n) is 2.53. The number of pyridine rings is 1. The average Bonchev–Trinajstić information content (AvgIpc) is 2.70. The third-order valence-corrected chi connectivity index (χ3v) is 5.93. The molecular weight excluding hydrogens is 470 g/mol. The number of aromatic nitrogens is 1. The third kappa shape index (κ3) is 5.80. The van der Waals surface area contributed by atoms with Gasteiger partial charge in [-0.05, 0) is 61.9 Å². The van der Waals surface area contributed by atoms with Crippen LogP contribution in [0.2, 0.25) is 0 Å². The molecule has 1 heterocycles. The number of sulfonamides is 1. The Morgan fingerprint density at radius 2 is 1.93 bits per heavy atom. The van der Waals surface area contributed by atoms with Gasteiger partial charge in [0.1, 0.15) is 5.75 Å². The van der Waals surface area contributed by atoms with Crippen molar-refractivity contribution in [3.63, 3.8) is 0 Å². The minimum Gasteiger partial charge on any atom is -0.439 e. The van der Waals surface area contributed by atoms with Crippen LogP contribution in [0.4, 0.5) is 11.4 Å². The Hall–Kier alpha value is -2.91. The Bertz CT molecular complexity index is 1170. The highest BCUT2D eigenvalue weighted by molar-refractivity contribution is 9.10.